The van der Waals surface area contributed by atoms with E-state index in [1.54, 1.807) is 6.20 Å². The van der Waals surface area contributed by atoms with Crippen molar-refractivity contribution in [3.05, 3.63) is 41.9 Å². The van der Waals surface area contributed by atoms with E-state index in [-0.39, 0.29) is 11.6 Å². The quantitative estimate of drug-likeness (QED) is 0.716. The highest BCUT2D eigenvalue weighted by atomic mass is 16.1. The van der Waals surface area contributed by atoms with Crippen LogP contribution in [0.25, 0.3) is 11.3 Å². The van der Waals surface area contributed by atoms with Crippen molar-refractivity contribution in [3.63, 3.8) is 0 Å². The lowest BCUT2D eigenvalue weighted by atomic mass is 10.1. The number of Topliss-reactive ketones (excluding diaryl/α,β-unsaturated/α-hetero) is 1. The van der Waals surface area contributed by atoms with Crippen LogP contribution in [0.4, 0.5) is 0 Å². The molecule has 0 fully saturated rings. The number of carbonyl (C=O) groups excluding carboxylic acids is 1. The Bertz CT molecular complexity index is 537. The van der Waals surface area contributed by atoms with Gasteiger partial charge in [-0.25, -0.2) is 4.98 Å². The fourth-order valence-electron chi connectivity index (χ4n) is 1.40. The largest absolute Gasteiger partial charge is 0.291 e. The van der Waals surface area contributed by atoms with Gasteiger partial charge in [0.25, 0.3) is 0 Å². The molecule has 4 nitrogen and oxygen atoms in total. The lowest BCUT2D eigenvalue weighted by Crippen LogP contribution is -2.03. The Kier molecular flexibility index (Phi) is 2.72. The van der Waals surface area contributed by atoms with Crippen LogP contribution in [0, 0.1) is 6.92 Å². The minimum atomic E-state index is -0.179. The molecule has 0 spiro atoms. The van der Waals surface area contributed by atoms with E-state index in [0.717, 1.165) is 11.1 Å². The lowest BCUT2D eigenvalue weighted by molar-refractivity contribution is 0.100. The summed E-state index contributed by atoms with van der Waals surface area (Å²) < 4.78 is 0. The maximum absolute atomic E-state index is 11.1. The van der Waals surface area contributed by atoms with E-state index in [1.165, 1.54) is 6.92 Å². The Labute approximate surface area is 93.4 Å². The normalized spacial score (nSPS) is 10.1. The van der Waals surface area contributed by atoms with Gasteiger partial charge >= 0.3 is 0 Å². The van der Waals surface area contributed by atoms with E-state index in [2.05, 4.69) is 15.2 Å². The molecule has 1 aromatic heterocycles. The molecule has 0 aliphatic carbocycles. The average molecular weight is 213 g/mol. The second-order valence-electron chi connectivity index (χ2n) is 3.59. The van der Waals surface area contributed by atoms with Crippen LogP contribution < -0.4 is 0 Å². The van der Waals surface area contributed by atoms with E-state index < -0.39 is 0 Å². The number of rotatable bonds is 2. The minimum absolute atomic E-state index is 0.152. The van der Waals surface area contributed by atoms with Crippen LogP contribution >= 0.6 is 0 Å². The van der Waals surface area contributed by atoms with Crippen molar-refractivity contribution >= 4 is 5.78 Å². The molecule has 0 saturated carbocycles. The molecule has 1 aromatic carbocycles. The second-order valence-corrected chi connectivity index (χ2v) is 3.59. The molecule has 0 N–H and O–H groups in total. The third-order valence-corrected chi connectivity index (χ3v) is 2.19. The van der Waals surface area contributed by atoms with Crippen LogP contribution in [-0.2, 0) is 0 Å². The number of ketones is 1. The number of hydrogen-bond donors (Lipinski definition) is 0. The maximum atomic E-state index is 11.1. The van der Waals surface area contributed by atoms with Gasteiger partial charge in [-0.1, -0.05) is 23.8 Å². The van der Waals surface area contributed by atoms with E-state index in [9.17, 15) is 4.79 Å². The molecule has 16 heavy (non-hydrogen) atoms. The van der Waals surface area contributed by atoms with Crippen LogP contribution in [0.15, 0.2) is 30.5 Å². The molecule has 0 aliphatic heterocycles. The Morgan fingerprint density at radius 1 is 1.31 bits per heavy atom. The first-order chi connectivity index (χ1) is 7.66. The summed E-state index contributed by atoms with van der Waals surface area (Å²) in [6.45, 7) is 3.43. The number of aromatic nitrogens is 3. The van der Waals surface area contributed by atoms with Crippen LogP contribution in [0.5, 0.6) is 0 Å². The predicted octanol–water partition coefficient (Wildman–Crippen LogP) is 2.05. The van der Waals surface area contributed by atoms with Gasteiger partial charge in [0.05, 0.1) is 11.9 Å². The fraction of sp³-hybridized carbons (Fsp3) is 0.167. The molecule has 0 radical (unpaired) electrons. The van der Waals surface area contributed by atoms with E-state index >= 15 is 0 Å². The van der Waals surface area contributed by atoms with Crippen LogP contribution in [0.1, 0.15) is 23.1 Å². The highest BCUT2D eigenvalue weighted by Gasteiger charge is 2.06. The molecular formula is C12H11N3O. The van der Waals surface area contributed by atoms with E-state index in [4.69, 9.17) is 0 Å². The molecule has 2 aromatic rings. The van der Waals surface area contributed by atoms with Gasteiger partial charge in [0.1, 0.15) is 0 Å². The fourth-order valence-corrected chi connectivity index (χ4v) is 1.40. The number of hydrogen-bond acceptors (Lipinski definition) is 4. The number of nitrogens with zero attached hydrogens (tertiary/aromatic N) is 3. The molecule has 0 atom stereocenters. The van der Waals surface area contributed by atoms with Crippen molar-refractivity contribution in [1.82, 2.24) is 15.2 Å². The zero-order valence-electron chi connectivity index (χ0n) is 9.14. The summed E-state index contributed by atoms with van der Waals surface area (Å²) in [4.78, 5) is 15.3. The molecular weight excluding hydrogens is 202 g/mol. The van der Waals surface area contributed by atoms with Crippen LogP contribution in [0.2, 0.25) is 0 Å². The summed E-state index contributed by atoms with van der Waals surface area (Å²) in [7, 11) is 0. The highest BCUT2D eigenvalue weighted by Crippen LogP contribution is 2.16. The third kappa shape index (κ3) is 2.11. The number of aryl methyl sites for hydroxylation is 1. The summed E-state index contributed by atoms with van der Waals surface area (Å²) in [5.41, 5.74) is 2.75. The SMILES string of the molecule is CC(=O)c1nncc(-c2cccc(C)c2)n1. The van der Waals surface area contributed by atoms with E-state index in [0.29, 0.717) is 5.69 Å². The zero-order valence-corrected chi connectivity index (χ0v) is 9.14. The van der Waals surface area contributed by atoms with Gasteiger partial charge < -0.3 is 0 Å². The van der Waals surface area contributed by atoms with Gasteiger partial charge in [0.2, 0.25) is 5.82 Å². The molecule has 1 heterocycles. The lowest BCUT2D eigenvalue weighted by Gasteiger charge is -2.01. The van der Waals surface area contributed by atoms with Crippen molar-refractivity contribution in [3.8, 4) is 11.3 Å². The van der Waals surface area contributed by atoms with Crippen LogP contribution in [-0.4, -0.2) is 21.0 Å². The van der Waals surface area contributed by atoms with Crippen LogP contribution in [0.3, 0.4) is 0 Å². The molecule has 4 heteroatoms. The van der Waals surface area contributed by atoms with Gasteiger partial charge in [-0.2, -0.15) is 5.10 Å². The molecule has 0 unspecified atom stereocenters. The zero-order chi connectivity index (χ0) is 11.5. The van der Waals surface area contributed by atoms with Gasteiger partial charge in [0, 0.05) is 12.5 Å². The molecule has 80 valence electrons. The van der Waals surface area contributed by atoms with Gasteiger partial charge in [-0.15, -0.1) is 5.10 Å². The van der Waals surface area contributed by atoms with Crippen molar-refractivity contribution in [2.75, 3.05) is 0 Å². The Hall–Kier alpha value is -2.10. The third-order valence-electron chi connectivity index (χ3n) is 2.19. The first kappa shape index (κ1) is 10.4. The van der Waals surface area contributed by atoms with Gasteiger partial charge in [0.15, 0.2) is 5.78 Å². The number of carbonyl (C=O) groups is 1. The number of benzene rings is 1. The first-order valence-corrected chi connectivity index (χ1v) is 4.94. The van der Waals surface area contributed by atoms with Crippen molar-refractivity contribution in [2.24, 2.45) is 0 Å². The smallest absolute Gasteiger partial charge is 0.218 e. The Balaban J connectivity index is 2.48. The summed E-state index contributed by atoms with van der Waals surface area (Å²) in [6, 6.07) is 7.87. The maximum Gasteiger partial charge on any atom is 0.218 e. The average Bonchev–Trinajstić information content (AvgIpc) is 2.29. The Morgan fingerprint density at radius 3 is 2.81 bits per heavy atom. The van der Waals surface area contributed by atoms with E-state index in [1.807, 2.05) is 31.2 Å². The monoisotopic (exact) mass is 213 g/mol. The Morgan fingerprint density at radius 2 is 2.12 bits per heavy atom. The van der Waals surface area contributed by atoms with Gasteiger partial charge in [-0.05, 0) is 13.0 Å². The van der Waals surface area contributed by atoms with Crippen molar-refractivity contribution < 1.29 is 4.79 Å². The second kappa shape index (κ2) is 4.18. The molecule has 0 aliphatic rings. The molecule has 2 rings (SSSR count). The minimum Gasteiger partial charge on any atom is -0.291 e. The predicted molar refractivity (Wildman–Crippen MR) is 60.0 cm³/mol. The van der Waals surface area contributed by atoms with Gasteiger partial charge in [-0.3, -0.25) is 4.79 Å². The molecule has 0 saturated heterocycles. The van der Waals surface area contributed by atoms with Crippen molar-refractivity contribution in [2.45, 2.75) is 13.8 Å². The molecule has 0 bridgehead atoms. The topological polar surface area (TPSA) is 55.7 Å². The summed E-state index contributed by atoms with van der Waals surface area (Å²) in [6.07, 6.45) is 1.56. The summed E-state index contributed by atoms with van der Waals surface area (Å²) in [5.74, 6) is -0.0268. The summed E-state index contributed by atoms with van der Waals surface area (Å²) >= 11 is 0. The standard InChI is InChI=1S/C12H11N3O/c1-8-4-3-5-10(6-8)11-7-13-15-12(14-11)9(2)16/h3-7H,1-2H3. The summed E-state index contributed by atoms with van der Waals surface area (Å²) in [5, 5.41) is 7.45. The molecule has 0 amide bonds. The highest BCUT2D eigenvalue weighted by molar-refractivity contribution is 5.90. The van der Waals surface area contributed by atoms with Crippen molar-refractivity contribution in [1.29, 1.82) is 0 Å². The first-order valence-electron chi connectivity index (χ1n) is 4.94.